The molecular formula is C22H28Cl2O3. The van der Waals surface area contributed by atoms with Crippen molar-refractivity contribution in [3.8, 4) is 11.5 Å². The molecule has 0 amide bonds. The molecule has 0 aromatic heterocycles. The topological polar surface area (TPSA) is 38.7 Å². The lowest BCUT2D eigenvalue weighted by Crippen LogP contribution is -2.15. The third-order valence-electron chi connectivity index (χ3n) is 4.32. The minimum atomic E-state index is 0.185. The molecule has 3 nitrogen and oxygen atoms in total. The van der Waals surface area contributed by atoms with Gasteiger partial charge in [-0.1, -0.05) is 36.4 Å². The van der Waals surface area contributed by atoms with E-state index in [9.17, 15) is 0 Å². The van der Waals surface area contributed by atoms with Gasteiger partial charge in [0, 0.05) is 30.7 Å². The molecule has 1 atom stereocenters. The highest BCUT2D eigenvalue weighted by Crippen LogP contribution is 2.27. The van der Waals surface area contributed by atoms with Crippen LogP contribution in [0.4, 0.5) is 0 Å². The van der Waals surface area contributed by atoms with Crippen molar-refractivity contribution >= 4 is 23.2 Å². The molecule has 0 radical (unpaired) electrons. The summed E-state index contributed by atoms with van der Waals surface area (Å²) in [6.45, 7) is 1.35. The first-order valence-electron chi connectivity index (χ1n) is 9.42. The van der Waals surface area contributed by atoms with Gasteiger partial charge in [0.1, 0.15) is 11.5 Å². The largest absolute Gasteiger partial charge is 0.493 e. The van der Waals surface area contributed by atoms with Gasteiger partial charge in [0.05, 0.1) is 13.2 Å². The van der Waals surface area contributed by atoms with Crippen LogP contribution in [0, 0.1) is 5.92 Å². The Hall–Kier alpha value is -1.42. The number of alkyl halides is 2. The zero-order valence-electron chi connectivity index (χ0n) is 15.6. The normalized spacial score (nSPS) is 12.0. The number of benzene rings is 2. The number of para-hydroxylation sites is 2. The van der Waals surface area contributed by atoms with E-state index in [0.717, 1.165) is 48.3 Å². The summed E-state index contributed by atoms with van der Waals surface area (Å²) in [7, 11) is 0. The summed E-state index contributed by atoms with van der Waals surface area (Å²) in [5.41, 5.74) is 2.23. The van der Waals surface area contributed by atoms with Gasteiger partial charge in [-0.3, -0.25) is 0 Å². The van der Waals surface area contributed by atoms with E-state index in [1.165, 1.54) is 0 Å². The molecule has 0 saturated carbocycles. The highest BCUT2D eigenvalue weighted by molar-refractivity contribution is 6.18. The van der Waals surface area contributed by atoms with Crippen LogP contribution in [0.1, 0.15) is 30.4 Å². The summed E-state index contributed by atoms with van der Waals surface area (Å²) >= 11 is 11.8. The molecule has 0 heterocycles. The van der Waals surface area contributed by atoms with Gasteiger partial charge >= 0.3 is 0 Å². The SMILES string of the molecule is OCCCC(CCl)COc1ccccc1Cc1ccccc1OCCCCl. The Balaban J connectivity index is 2.05. The second kappa shape index (κ2) is 12.9. The molecule has 1 unspecified atom stereocenters. The third-order valence-corrected chi connectivity index (χ3v) is 5.03. The number of rotatable bonds is 13. The maximum Gasteiger partial charge on any atom is 0.122 e. The number of hydrogen-bond donors (Lipinski definition) is 1. The van der Waals surface area contributed by atoms with Crippen molar-refractivity contribution in [1.82, 2.24) is 0 Å². The van der Waals surface area contributed by atoms with Crippen LogP contribution < -0.4 is 9.47 Å². The Bertz CT molecular complexity index is 664. The molecule has 0 aliphatic heterocycles. The summed E-state index contributed by atoms with van der Waals surface area (Å²) in [6, 6.07) is 16.1. The third kappa shape index (κ3) is 7.61. The lowest BCUT2D eigenvalue weighted by atomic mass is 10.0. The monoisotopic (exact) mass is 410 g/mol. The summed E-state index contributed by atoms with van der Waals surface area (Å²) in [4.78, 5) is 0. The van der Waals surface area contributed by atoms with Gasteiger partial charge in [-0.15, -0.1) is 23.2 Å². The van der Waals surface area contributed by atoms with Gasteiger partial charge in [0.2, 0.25) is 0 Å². The predicted octanol–water partition coefficient (Wildman–Crippen LogP) is 5.29. The first kappa shape index (κ1) is 21.9. The Morgan fingerprint density at radius 2 is 1.48 bits per heavy atom. The van der Waals surface area contributed by atoms with Crippen molar-refractivity contribution in [2.24, 2.45) is 5.92 Å². The maximum absolute atomic E-state index is 9.00. The fraction of sp³-hybridized carbons (Fsp3) is 0.455. The zero-order valence-corrected chi connectivity index (χ0v) is 17.1. The van der Waals surface area contributed by atoms with Crippen LogP contribution in [0.15, 0.2) is 48.5 Å². The highest BCUT2D eigenvalue weighted by Gasteiger charge is 2.12. The Morgan fingerprint density at radius 1 is 0.852 bits per heavy atom. The van der Waals surface area contributed by atoms with Crippen molar-refractivity contribution in [1.29, 1.82) is 0 Å². The van der Waals surface area contributed by atoms with Gasteiger partial charge in [-0.2, -0.15) is 0 Å². The molecular weight excluding hydrogens is 383 g/mol. The first-order valence-corrected chi connectivity index (χ1v) is 10.5. The van der Waals surface area contributed by atoms with Crippen molar-refractivity contribution < 1.29 is 14.6 Å². The number of ether oxygens (including phenoxy) is 2. The molecule has 2 rings (SSSR count). The Morgan fingerprint density at radius 3 is 2.07 bits per heavy atom. The summed E-state index contributed by atoms with van der Waals surface area (Å²) < 4.78 is 12.0. The van der Waals surface area contributed by atoms with Gasteiger partial charge in [0.15, 0.2) is 0 Å². The van der Waals surface area contributed by atoms with Gasteiger partial charge in [-0.25, -0.2) is 0 Å². The molecule has 2 aromatic rings. The van der Waals surface area contributed by atoms with Crippen LogP contribution in [0.2, 0.25) is 0 Å². The fourth-order valence-corrected chi connectivity index (χ4v) is 3.17. The van der Waals surface area contributed by atoms with E-state index in [4.69, 9.17) is 37.8 Å². The van der Waals surface area contributed by atoms with Gasteiger partial charge in [0.25, 0.3) is 0 Å². The van der Waals surface area contributed by atoms with E-state index in [-0.39, 0.29) is 12.5 Å². The molecule has 0 aliphatic rings. The van der Waals surface area contributed by atoms with Crippen molar-refractivity contribution in [2.75, 3.05) is 31.6 Å². The minimum Gasteiger partial charge on any atom is -0.493 e. The van der Waals surface area contributed by atoms with Crippen molar-refractivity contribution in [3.63, 3.8) is 0 Å². The van der Waals surface area contributed by atoms with E-state index in [0.29, 0.717) is 25.0 Å². The minimum absolute atomic E-state index is 0.185. The molecule has 0 bridgehead atoms. The van der Waals surface area contributed by atoms with Crippen LogP contribution >= 0.6 is 23.2 Å². The standard InChI is InChI=1S/C22H28Cl2O3/c23-12-6-14-26-21-10-3-1-8-19(21)15-20-9-2-4-11-22(20)27-17-18(16-24)7-5-13-25/h1-4,8-11,18,25H,5-7,12-17H2. The summed E-state index contributed by atoms with van der Waals surface area (Å²) in [5.74, 6) is 3.11. The van der Waals surface area contributed by atoms with Crippen LogP contribution in [0.3, 0.4) is 0 Å². The molecule has 1 N–H and O–H groups in total. The molecule has 0 fully saturated rings. The van der Waals surface area contributed by atoms with Crippen LogP contribution in [0.5, 0.6) is 11.5 Å². The average molecular weight is 411 g/mol. The van der Waals surface area contributed by atoms with E-state index in [2.05, 4.69) is 12.1 Å². The van der Waals surface area contributed by atoms with Crippen molar-refractivity contribution in [2.45, 2.75) is 25.7 Å². The number of aliphatic hydroxyl groups is 1. The Labute approximate surface area is 172 Å². The lowest BCUT2D eigenvalue weighted by Gasteiger charge is -2.17. The average Bonchev–Trinajstić information content (AvgIpc) is 2.70. The number of halogens is 2. The van der Waals surface area contributed by atoms with Crippen LogP contribution in [-0.4, -0.2) is 36.7 Å². The van der Waals surface area contributed by atoms with E-state index in [1.54, 1.807) is 0 Å². The van der Waals surface area contributed by atoms with Crippen LogP contribution in [0.25, 0.3) is 0 Å². The fourth-order valence-electron chi connectivity index (χ4n) is 2.82. The van der Waals surface area contributed by atoms with Gasteiger partial charge < -0.3 is 14.6 Å². The van der Waals surface area contributed by atoms with E-state index in [1.807, 2.05) is 36.4 Å². The second-order valence-electron chi connectivity index (χ2n) is 6.48. The second-order valence-corrected chi connectivity index (χ2v) is 7.17. The van der Waals surface area contributed by atoms with Gasteiger partial charge in [-0.05, 0) is 42.5 Å². The zero-order chi connectivity index (χ0) is 19.3. The van der Waals surface area contributed by atoms with E-state index < -0.39 is 0 Å². The molecule has 148 valence electrons. The maximum atomic E-state index is 9.00. The number of hydrogen-bond acceptors (Lipinski definition) is 3. The highest BCUT2D eigenvalue weighted by atomic mass is 35.5. The summed E-state index contributed by atoms with van der Waals surface area (Å²) in [6.07, 6.45) is 3.16. The first-order chi connectivity index (χ1) is 13.3. The molecule has 0 spiro atoms. The number of aliphatic hydroxyl groups excluding tert-OH is 1. The smallest absolute Gasteiger partial charge is 0.122 e. The molecule has 0 saturated heterocycles. The Kier molecular flexibility index (Phi) is 10.4. The van der Waals surface area contributed by atoms with Crippen LogP contribution in [-0.2, 0) is 6.42 Å². The lowest BCUT2D eigenvalue weighted by molar-refractivity contribution is 0.228. The quantitative estimate of drug-likeness (QED) is 0.360. The molecule has 0 aliphatic carbocycles. The van der Waals surface area contributed by atoms with E-state index >= 15 is 0 Å². The molecule has 5 heteroatoms. The molecule has 2 aromatic carbocycles. The van der Waals surface area contributed by atoms with Crippen molar-refractivity contribution in [3.05, 3.63) is 59.7 Å². The molecule has 27 heavy (non-hydrogen) atoms. The predicted molar refractivity (Wildman–Crippen MR) is 113 cm³/mol. The summed E-state index contributed by atoms with van der Waals surface area (Å²) in [5, 5.41) is 9.00.